The van der Waals surface area contributed by atoms with Crippen molar-refractivity contribution in [2.75, 3.05) is 19.3 Å². The van der Waals surface area contributed by atoms with Gasteiger partial charge in [0.15, 0.2) is 0 Å². The van der Waals surface area contributed by atoms with Gasteiger partial charge in [-0.1, -0.05) is 24.6 Å². The van der Waals surface area contributed by atoms with Crippen molar-refractivity contribution in [1.29, 1.82) is 0 Å². The van der Waals surface area contributed by atoms with Crippen LogP contribution < -0.4 is 5.32 Å². The summed E-state index contributed by atoms with van der Waals surface area (Å²) in [6, 6.07) is 0. The van der Waals surface area contributed by atoms with Gasteiger partial charge in [-0.3, -0.25) is 0 Å². The van der Waals surface area contributed by atoms with E-state index in [0.717, 1.165) is 43.9 Å². The molecule has 1 aromatic heterocycles. The Labute approximate surface area is 105 Å². The third-order valence-electron chi connectivity index (χ3n) is 3.08. The monoisotopic (exact) mass is 257 g/mol. The molecule has 0 amide bonds. The van der Waals surface area contributed by atoms with Gasteiger partial charge in [0.25, 0.3) is 0 Å². The summed E-state index contributed by atoms with van der Waals surface area (Å²) in [5, 5.41) is 25.7. The topological polar surface area (TPSA) is 75.9 Å². The van der Waals surface area contributed by atoms with Crippen LogP contribution in [0.4, 0.5) is 0 Å². The molecule has 7 heteroatoms. The average Bonchev–Trinajstić information content (AvgIpc) is 2.93. The van der Waals surface area contributed by atoms with Crippen LogP contribution in [0.5, 0.6) is 0 Å². The van der Waals surface area contributed by atoms with Gasteiger partial charge in [0, 0.05) is 12.3 Å². The summed E-state index contributed by atoms with van der Waals surface area (Å²) < 4.78 is 1.78. The van der Waals surface area contributed by atoms with Gasteiger partial charge in [0.1, 0.15) is 0 Å². The van der Waals surface area contributed by atoms with Gasteiger partial charge < -0.3 is 10.4 Å². The molecule has 0 atom stereocenters. The fourth-order valence-electron chi connectivity index (χ4n) is 2.03. The van der Waals surface area contributed by atoms with Crippen LogP contribution in [0.1, 0.15) is 25.7 Å². The zero-order valence-electron chi connectivity index (χ0n) is 10.1. The van der Waals surface area contributed by atoms with Gasteiger partial charge in [-0.15, -0.1) is 5.10 Å². The number of likely N-dealkylation sites (N-methyl/N-ethyl adjacent to an activating group) is 1. The molecule has 2 rings (SSSR count). The molecular weight excluding hydrogens is 238 g/mol. The number of rotatable bonds is 6. The fourth-order valence-corrected chi connectivity index (χ4v) is 3.09. The van der Waals surface area contributed by atoms with Crippen molar-refractivity contribution in [3.63, 3.8) is 0 Å². The van der Waals surface area contributed by atoms with Crippen molar-refractivity contribution >= 4 is 11.8 Å². The van der Waals surface area contributed by atoms with Crippen molar-refractivity contribution in [1.82, 2.24) is 25.5 Å². The lowest BCUT2D eigenvalue weighted by molar-refractivity contribution is 0.0732. The smallest absolute Gasteiger partial charge is 0.209 e. The van der Waals surface area contributed by atoms with E-state index in [1.807, 2.05) is 7.05 Å². The number of nitrogens with one attached hydrogen (secondary N) is 1. The maximum atomic E-state index is 10.2. The molecule has 2 N–H and O–H groups in total. The van der Waals surface area contributed by atoms with Crippen LogP contribution in [-0.4, -0.2) is 50.3 Å². The Morgan fingerprint density at radius 1 is 1.47 bits per heavy atom. The normalized spacial score (nSPS) is 18.7. The number of hydrogen-bond donors (Lipinski definition) is 2. The van der Waals surface area contributed by atoms with E-state index in [0.29, 0.717) is 5.75 Å². The Kier molecular flexibility index (Phi) is 4.36. The van der Waals surface area contributed by atoms with Crippen LogP contribution >= 0.6 is 11.8 Å². The van der Waals surface area contributed by atoms with E-state index in [1.54, 1.807) is 16.4 Å². The maximum absolute atomic E-state index is 10.2. The summed E-state index contributed by atoms with van der Waals surface area (Å²) in [6.07, 6.45) is 4.06. The highest BCUT2D eigenvalue weighted by atomic mass is 32.2. The summed E-state index contributed by atoms with van der Waals surface area (Å²) in [4.78, 5) is 0. The SMILES string of the molecule is CNCCn1nnnc1SCC1(O)CCCC1. The highest BCUT2D eigenvalue weighted by Crippen LogP contribution is 2.33. The molecule has 0 radical (unpaired) electrons. The molecule has 96 valence electrons. The maximum Gasteiger partial charge on any atom is 0.209 e. The molecule has 6 nitrogen and oxygen atoms in total. The van der Waals surface area contributed by atoms with Crippen LogP contribution in [0.15, 0.2) is 5.16 Å². The van der Waals surface area contributed by atoms with Crippen molar-refractivity contribution in [3.05, 3.63) is 0 Å². The predicted molar refractivity (Wildman–Crippen MR) is 65.9 cm³/mol. The van der Waals surface area contributed by atoms with Gasteiger partial charge >= 0.3 is 0 Å². The van der Waals surface area contributed by atoms with Gasteiger partial charge in [0.05, 0.1) is 12.1 Å². The minimum atomic E-state index is -0.509. The zero-order chi connectivity index (χ0) is 12.1. The number of aromatic nitrogens is 4. The molecule has 1 fully saturated rings. The van der Waals surface area contributed by atoms with Crippen molar-refractivity contribution in [3.8, 4) is 0 Å². The first-order chi connectivity index (χ1) is 8.23. The fraction of sp³-hybridized carbons (Fsp3) is 0.900. The van der Waals surface area contributed by atoms with Crippen LogP contribution in [0.3, 0.4) is 0 Å². The minimum absolute atomic E-state index is 0.509. The lowest BCUT2D eigenvalue weighted by atomic mass is 10.1. The molecule has 1 heterocycles. The minimum Gasteiger partial charge on any atom is -0.389 e. The second kappa shape index (κ2) is 5.79. The number of nitrogens with zero attached hydrogens (tertiary/aromatic N) is 4. The van der Waals surface area contributed by atoms with Crippen molar-refractivity contribution in [2.45, 2.75) is 43.0 Å². The number of tetrazole rings is 1. The Morgan fingerprint density at radius 3 is 2.94 bits per heavy atom. The standard InChI is InChI=1S/C10H19N5OS/c1-11-6-7-15-9(12-13-14-15)17-8-10(16)4-2-3-5-10/h11,16H,2-8H2,1H3. The van der Waals surface area contributed by atoms with E-state index < -0.39 is 5.60 Å². The van der Waals surface area contributed by atoms with Gasteiger partial charge in [-0.25, -0.2) is 4.68 Å². The summed E-state index contributed by atoms with van der Waals surface area (Å²) in [5.41, 5.74) is -0.509. The molecule has 1 aromatic rings. The van der Waals surface area contributed by atoms with Gasteiger partial charge in [0.2, 0.25) is 5.16 Å². The highest BCUT2D eigenvalue weighted by Gasteiger charge is 2.31. The van der Waals surface area contributed by atoms with Crippen LogP contribution in [0.2, 0.25) is 0 Å². The van der Waals surface area contributed by atoms with E-state index >= 15 is 0 Å². The highest BCUT2D eigenvalue weighted by molar-refractivity contribution is 7.99. The third-order valence-corrected chi connectivity index (χ3v) is 4.31. The molecular formula is C10H19N5OS. The summed E-state index contributed by atoms with van der Waals surface area (Å²) in [6.45, 7) is 1.59. The van der Waals surface area contributed by atoms with Crippen LogP contribution in [-0.2, 0) is 6.54 Å². The molecule has 0 bridgehead atoms. The van der Waals surface area contributed by atoms with Gasteiger partial charge in [-0.2, -0.15) is 0 Å². The molecule has 0 aromatic carbocycles. The van der Waals surface area contributed by atoms with E-state index in [9.17, 15) is 5.11 Å². The molecule has 1 aliphatic rings. The molecule has 0 spiro atoms. The molecule has 17 heavy (non-hydrogen) atoms. The van der Waals surface area contributed by atoms with Crippen LogP contribution in [0, 0.1) is 0 Å². The quantitative estimate of drug-likeness (QED) is 0.713. The average molecular weight is 257 g/mol. The molecule has 1 saturated carbocycles. The van der Waals surface area contributed by atoms with E-state index in [2.05, 4.69) is 20.8 Å². The number of aliphatic hydroxyl groups is 1. The summed E-state index contributed by atoms with van der Waals surface area (Å²) >= 11 is 1.55. The van der Waals surface area contributed by atoms with E-state index in [1.165, 1.54) is 0 Å². The zero-order valence-corrected chi connectivity index (χ0v) is 10.9. The number of hydrogen-bond acceptors (Lipinski definition) is 6. The Hall–Kier alpha value is -0.660. The predicted octanol–water partition coefficient (Wildman–Crippen LogP) is 0.290. The Balaban J connectivity index is 1.87. The molecule has 0 unspecified atom stereocenters. The summed E-state index contributed by atoms with van der Waals surface area (Å²) in [5.74, 6) is 0.687. The molecule has 0 saturated heterocycles. The third kappa shape index (κ3) is 3.40. The first-order valence-electron chi connectivity index (χ1n) is 5.99. The summed E-state index contributed by atoms with van der Waals surface area (Å²) in [7, 11) is 1.90. The molecule has 1 aliphatic carbocycles. The lowest BCUT2D eigenvalue weighted by Gasteiger charge is -2.20. The first kappa shape index (κ1) is 12.8. The van der Waals surface area contributed by atoms with E-state index in [4.69, 9.17) is 0 Å². The Bertz CT molecular complexity index is 350. The largest absolute Gasteiger partial charge is 0.389 e. The van der Waals surface area contributed by atoms with Crippen molar-refractivity contribution < 1.29 is 5.11 Å². The van der Waals surface area contributed by atoms with E-state index in [-0.39, 0.29) is 0 Å². The molecule has 0 aliphatic heterocycles. The Morgan fingerprint density at radius 2 is 2.24 bits per heavy atom. The lowest BCUT2D eigenvalue weighted by Crippen LogP contribution is -2.27. The van der Waals surface area contributed by atoms with Crippen LogP contribution in [0.25, 0.3) is 0 Å². The van der Waals surface area contributed by atoms with Gasteiger partial charge in [-0.05, 0) is 30.3 Å². The number of thioether (sulfide) groups is 1. The second-order valence-electron chi connectivity index (χ2n) is 4.51. The second-order valence-corrected chi connectivity index (χ2v) is 5.45. The van der Waals surface area contributed by atoms with Crippen molar-refractivity contribution in [2.24, 2.45) is 0 Å². The first-order valence-corrected chi connectivity index (χ1v) is 6.98.